The minimum atomic E-state index is 0.567. The zero-order chi connectivity index (χ0) is 12.1. The second-order valence-corrected chi connectivity index (χ2v) is 4.89. The Bertz CT molecular complexity index is 340. The summed E-state index contributed by atoms with van der Waals surface area (Å²) >= 11 is 1.52. The highest BCUT2D eigenvalue weighted by molar-refractivity contribution is 7.98. The Morgan fingerprint density at radius 3 is 2.44 bits per heavy atom. The molecule has 0 aromatic carbocycles. The lowest BCUT2D eigenvalue weighted by Crippen LogP contribution is -2.17. The largest absolute Gasteiger partial charge is 0.354 e. The Morgan fingerprint density at radius 2 is 1.94 bits per heavy atom. The molecule has 0 aliphatic carbocycles. The molecule has 1 rings (SSSR count). The van der Waals surface area contributed by atoms with Crippen LogP contribution in [0.15, 0.2) is 5.16 Å². The number of nitrogens with zero attached hydrogens (tertiary/aromatic N) is 4. The number of rotatable bonds is 5. The molecule has 90 valence electrons. The summed E-state index contributed by atoms with van der Waals surface area (Å²) in [7, 11) is 3.84. The van der Waals surface area contributed by atoms with E-state index in [9.17, 15) is 0 Å². The summed E-state index contributed by atoms with van der Waals surface area (Å²) in [5.74, 6) is 1.90. The second-order valence-electron chi connectivity index (χ2n) is 4.11. The molecular formula is C10H19N5S. The van der Waals surface area contributed by atoms with Crippen LogP contribution in [0.4, 0.5) is 11.9 Å². The normalized spacial score (nSPS) is 10.6. The molecule has 0 aliphatic heterocycles. The Kier molecular flexibility index (Phi) is 4.79. The fourth-order valence-corrected chi connectivity index (χ4v) is 1.36. The van der Waals surface area contributed by atoms with Gasteiger partial charge in [0.15, 0.2) is 5.16 Å². The Hall–Kier alpha value is -1.04. The van der Waals surface area contributed by atoms with E-state index >= 15 is 0 Å². The third-order valence-electron chi connectivity index (χ3n) is 1.85. The lowest BCUT2D eigenvalue weighted by atomic mass is 10.2. The number of hydrogen-bond donors (Lipinski definition) is 1. The molecule has 6 heteroatoms. The monoisotopic (exact) mass is 241 g/mol. The minimum Gasteiger partial charge on any atom is -0.354 e. The van der Waals surface area contributed by atoms with E-state index in [1.165, 1.54) is 11.8 Å². The average Bonchev–Trinajstić information content (AvgIpc) is 2.25. The summed E-state index contributed by atoms with van der Waals surface area (Å²) < 4.78 is 0. The van der Waals surface area contributed by atoms with Gasteiger partial charge < -0.3 is 10.2 Å². The quantitative estimate of drug-likeness (QED) is 0.792. The van der Waals surface area contributed by atoms with Gasteiger partial charge in [-0.2, -0.15) is 15.0 Å². The first kappa shape index (κ1) is 13.0. The van der Waals surface area contributed by atoms with Crippen LogP contribution in [0.5, 0.6) is 0 Å². The van der Waals surface area contributed by atoms with Crippen LogP contribution in [0, 0.1) is 5.92 Å². The van der Waals surface area contributed by atoms with E-state index in [0.29, 0.717) is 17.8 Å². The smallest absolute Gasteiger partial charge is 0.230 e. The summed E-state index contributed by atoms with van der Waals surface area (Å²) in [6.45, 7) is 5.16. The van der Waals surface area contributed by atoms with Crippen LogP contribution in [0.25, 0.3) is 0 Å². The van der Waals surface area contributed by atoms with Crippen molar-refractivity contribution in [1.82, 2.24) is 15.0 Å². The van der Waals surface area contributed by atoms with E-state index in [4.69, 9.17) is 0 Å². The molecule has 1 aromatic heterocycles. The molecule has 0 atom stereocenters. The number of nitrogens with one attached hydrogen (secondary N) is 1. The Balaban J connectivity index is 2.86. The maximum atomic E-state index is 4.33. The number of thioether (sulfide) groups is 1. The highest BCUT2D eigenvalue weighted by Crippen LogP contribution is 2.15. The average molecular weight is 241 g/mol. The molecule has 0 unspecified atom stereocenters. The van der Waals surface area contributed by atoms with E-state index in [-0.39, 0.29) is 0 Å². The Morgan fingerprint density at radius 1 is 1.25 bits per heavy atom. The van der Waals surface area contributed by atoms with Crippen molar-refractivity contribution in [2.45, 2.75) is 19.0 Å². The van der Waals surface area contributed by atoms with Crippen LogP contribution in [0.3, 0.4) is 0 Å². The summed E-state index contributed by atoms with van der Waals surface area (Å²) in [5, 5.41) is 3.95. The van der Waals surface area contributed by atoms with Crippen molar-refractivity contribution in [3.63, 3.8) is 0 Å². The molecule has 0 aliphatic rings. The lowest BCUT2D eigenvalue weighted by molar-refractivity contribution is 0.681. The molecular weight excluding hydrogens is 222 g/mol. The second kappa shape index (κ2) is 5.89. The van der Waals surface area contributed by atoms with Crippen LogP contribution in [-0.4, -0.2) is 41.8 Å². The molecule has 0 spiro atoms. The van der Waals surface area contributed by atoms with Gasteiger partial charge in [0.2, 0.25) is 11.9 Å². The maximum absolute atomic E-state index is 4.33. The van der Waals surface area contributed by atoms with E-state index in [1.807, 2.05) is 25.3 Å². The van der Waals surface area contributed by atoms with Crippen LogP contribution < -0.4 is 10.2 Å². The van der Waals surface area contributed by atoms with Gasteiger partial charge in [-0.25, -0.2) is 0 Å². The van der Waals surface area contributed by atoms with Gasteiger partial charge in [0.1, 0.15) is 0 Å². The molecule has 1 N–H and O–H groups in total. The predicted molar refractivity (Wildman–Crippen MR) is 69.3 cm³/mol. The predicted octanol–water partition coefficient (Wildman–Crippen LogP) is 1.73. The van der Waals surface area contributed by atoms with Gasteiger partial charge in [-0.05, 0) is 12.2 Å². The highest BCUT2D eigenvalue weighted by atomic mass is 32.2. The lowest BCUT2D eigenvalue weighted by Gasteiger charge is -2.13. The molecule has 0 saturated heterocycles. The number of anilines is 2. The first-order chi connectivity index (χ1) is 7.52. The summed E-state index contributed by atoms with van der Waals surface area (Å²) in [4.78, 5) is 14.8. The minimum absolute atomic E-state index is 0.567. The first-order valence-electron chi connectivity index (χ1n) is 5.24. The van der Waals surface area contributed by atoms with Crippen molar-refractivity contribution < 1.29 is 0 Å². The maximum Gasteiger partial charge on any atom is 0.230 e. The van der Waals surface area contributed by atoms with Crippen molar-refractivity contribution in [2.75, 3.05) is 37.1 Å². The fraction of sp³-hybridized carbons (Fsp3) is 0.700. The summed E-state index contributed by atoms with van der Waals surface area (Å²) in [6.07, 6.45) is 1.96. The molecule has 5 nitrogen and oxygen atoms in total. The standard InChI is InChI=1S/C10H19N5S/c1-7(2)6-11-8-12-9(15(3)4)14-10(13-8)16-5/h7H,6H2,1-5H3,(H,11,12,13,14). The van der Waals surface area contributed by atoms with Crippen molar-refractivity contribution in [1.29, 1.82) is 0 Å². The van der Waals surface area contributed by atoms with E-state index in [0.717, 1.165) is 11.7 Å². The molecule has 0 fully saturated rings. The van der Waals surface area contributed by atoms with E-state index < -0.39 is 0 Å². The van der Waals surface area contributed by atoms with Gasteiger partial charge in [0, 0.05) is 20.6 Å². The van der Waals surface area contributed by atoms with Crippen LogP contribution in [-0.2, 0) is 0 Å². The van der Waals surface area contributed by atoms with Gasteiger partial charge in [0.25, 0.3) is 0 Å². The third kappa shape index (κ3) is 3.84. The van der Waals surface area contributed by atoms with Gasteiger partial charge in [-0.15, -0.1) is 0 Å². The van der Waals surface area contributed by atoms with Crippen molar-refractivity contribution in [3.8, 4) is 0 Å². The van der Waals surface area contributed by atoms with Crippen LogP contribution in [0.2, 0.25) is 0 Å². The Labute approximate surface area is 101 Å². The molecule has 0 bridgehead atoms. The zero-order valence-electron chi connectivity index (χ0n) is 10.5. The van der Waals surface area contributed by atoms with Gasteiger partial charge in [-0.1, -0.05) is 25.6 Å². The fourth-order valence-electron chi connectivity index (χ4n) is 1.01. The number of hydrogen-bond acceptors (Lipinski definition) is 6. The molecule has 1 heterocycles. The highest BCUT2D eigenvalue weighted by Gasteiger charge is 2.07. The summed E-state index contributed by atoms with van der Waals surface area (Å²) in [6, 6.07) is 0. The van der Waals surface area contributed by atoms with E-state index in [1.54, 1.807) is 0 Å². The SMILES string of the molecule is CSc1nc(NCC(C)C)nc(N(C)C)n1. The van der Waals surface area contributed by atoms with E-state index in [2.05, 4.69) is 34.1 Å². The molecule has 0 saturated carbocycles. The van der Waals surface area contributed by atoms with Gasteiger partial charge in [0.05, 0.1) is 0 Å². The van der Waals surface area contributed by atoms with Gasteiger partial charge >= 0.3 is 0 Å². The zero-order valence-corrected chi connectivity index (χ0v) is 11.3. The summed E-state index contributed by atoms with van der Waals surface area (Å²) in [5.41, 5.74) is 0. The topological polar surface area (TPSA) is 53.9 Å². The van der Waals surface area contributed by atoms with Crippen LogP contribution in [0.1, 0.15) is 13.8 Å². The van der Waals surface area contributed by atoms with Crippen molar-refractivity contribution in [2.24, 2.45) is 5.92 Å². The van der Waals surface area contributed by atoms with Gasteiger partial charge in [-0.3, -0.25) is 0 Å². The number of aromatic nitrogens is 3. The molecule has 0 radical (unpaired) electrons. The van der Waals surface area contributed by atoms with Crippen molar-refractivity contribution in [3.05, 3.63) is 0 Å². The third-order valence-corrected chi connectivity index (χ3v) is 2.40. The molecule has 0 amide bonds. The van der Waals surface area contributed by atoms with Crippen LogP contribution >= 0.6 is 11.8 Å². The first-order valence-corrected chi connectivity index (χ1v) is 6.46. The van der Waals surface area contributed by atoms with Crippen molar-refractivity contribution >= 4 is 23.7 Å². The molecule has 16 heavy (non-hydrogen) atoms. The molecule has 1 aromatic rings.